The minimum absolute atomic E-state index is 0.0795. The van der Waals surface area contributed by atoms with E-state index in [-0.39, 0.29) is 17.9 Å². The minimum atomic E-state index is -0.950. The summed E-state index contributed by atoms with van der Waals surface area (Å²) in [5.41, 5.74) is 0. The monoisotopic (exact) mass is 223 g/mol. The molecule has 1 aliphatic heterocycles. The number of aliphatic carboxylic acids is 1. The molecule has 0 saturated carbocycles. The van der Waals surface area contributed by atoms with Crippen LogP contribution in [-0.2, 0) is 9.59 Å². The molecule has 0 spiro atoms. The molecule has 3 atom stereocenters. The Labute approximate surface area is 95.2 Å². The van der Waals surface area contributed by atoms with Gasteiger partial charge >= 0.3 is 5.97 Å². The molecular weight excluding hydrogens is 206 g/mol. The van der Waals surface area contributed by atoms with Crippen molar-refractivity contribution >= 4 is 11.9 Å². The van der Waals surface area contributed by atoms with Gasteiger partial charge in [0.1, 0.15) is 6.04 Å². The highest BCUT2D eigenvalue weighted by atomic mass is 16.4. The quantitative estimate of drug-likeness (QED) is 0.579. The van der Waals surface area contributed by atoms with Crippen molar-refractivity contribution in [3.05, 3.63) is 25.3 Å². The molecular formula is C12H17NO3. The van der Waals surface area contributed by atoms with Crippen LogP contribution in [0.5, 0.6) is 0 Å². The summed E-state index contributed by atoms with van der Waals surface area (Å²) >= 11 is 0. The molecule has 16 heavy (non-hydrogen) atoms. The third kappa shape index (κ3) is 2.15. The lowest BCUT2D eigenvalue weighted by Gasteiger charge is -2.27. The lowest BCUT2D eigenvalue weighted by Crippen LogP contribution is -2.44. The highest BCUT2D eigenvalue weighted by Crippen LogP contribution is 2.32. The number of hydrogen-bond acceptors (Lipinski definition) is 2. The van der Waals surface area contributed by atoms with Crippen LogP contribution >= 0.6 is 0 Å². The lowest BCUT2D eigenvalue weighted by molar-refractivity contribution is -0.147. The van der Waals surface area contributed by atoms with Crippen LogP contribution in [0.1, 0.15) is 19.8 Å². The Morgan fingerprint density at radius 2 is 2.12 bits per heavy atom. The number of carboxylic acid groups (broad SMARTS) is 1. The van der Waals surface area contributed by atoms with Crippen molar-refractivity contribution in [2.45, 2.75) is 31.8 Å². The molecule has 1 saturated heterocycles. The fourth-order valence-electron chi connectivity index (χ4n) is 2.29. The van der Waals surface area contributed by atoms with Crippen molar-refractivity contribution in [1.29, 1.82) is 0 Å². The van der Waals surface area contributed by atoms with Crippen LogP contribution in [0.25, 0.3) is 0 Å². The molecule has 1 amide bonds. The molecule has 4 nitrogen and oxygen atoms in total. The molecule has 0 bridgehead atoms. The highest BCUT2D eigenvalue weighted by molar-refractivity contribution is 5.91. The van der Waals surface area contributed by atoms with E-state index in [4.69, 9.17) is 5.11 Å². The molecule has 0 aromatic heterocycles. The first-order chi connectivity index (χ1) is 7.52. The molecule has 1 fully saturated rings. The Morgan fingerprint density at radius 3 is 2.56 bits per heavy atom. The van der Waals surface area contributed by atoms with E-state index >= 15 is 0 Å². The smallest absolute Gasteiger partial charge is 0.326 e. The molecule has 1 rings (SSSR count). The van der Waals surface area contributed by atoms with Crippen LogP contribution in [0.4, 0.5) is 0 Å². The molecule has 0 radical (unpaired) electrons. The summed E-state index contributed by atoms with van der Waals surface area (Å²) in [6.45, 7) is 9.00. The average molecular weight is 223 g/mol. The number of carboxylic acids is 1. The van der Waals surface area contributed by atoms with E-state index in [1.807, 2.05) is 6.92 Å². The Hall–Kier alpha value is -1.58. The number of carbonyl (C=O) groups excluding carboxylic acids is 1. The summed E-state index contributed by atoms with van der Waals surface area (Å²) in [4.78, 5) is 24.2. The van der Waals surface area contributed by atoms with Crippen molar-refractivity contribution in [2.75, 3.05) is 0 Å². The molecule has 1 heterocycles. The number of hydrogen-bond donors (Lipinski definition) is 1. The second kappa shape index (κ2) is 4.96. The van der Waals surface area contributed by atoms with Gasteiger partial charge in [-0.2, -0.15) is 0 Å². The zero-order valence-corrected chi connectivity index (χ0v) is 9.43. The molecule has 0 aliphatic carbocycles. The maximum Gasteiger partial charge on any atom is 0.326 e. The van der Waals surface area contributed by atoms with Gasteiger partial charge in [-0.05, 0) is 24.8 Å². The van der Waals surface area contributed by atoms with E-state index in [0.29, 0.717) is 12.8 Å². The van der Waals surface area contributed by atoms with Crippen molar-refractivity contribution in [1.82, 2.24) is 4.90 Å². The molecule has 1 aliphatic rings. The fourth-order valence-corrected chi connectivity index (χ4v) is 2.29. The third-order valence-corrected chi connectivity index (χ3v) is 3.07. The van der Waals surface area contributed by atoms with E-state index in [1.165, 1.54) is 11.0 Å². The van der Waals surface area contributed by atoms with E-state index in [1.54, 1.807) is 6.08 Å². The predicted octanol–water partition coefficient (Wildman–Crippen LogP) is 1.44. The van der Waals surface area contributed by atoms with Crippen LogP contribution in [0.15, 0.2) is 25.3 Å². The Bertz CT molecular complexity index is 324. The Morgan fingerprint density at radius 1 is 1.50 bits per heavy atom. The van der Waals surface area contributed by atoms with Gasteiger partial charge in [0.25, 0.3) is 0 Å². The van der Waals surface area contributed by atoms with E-state index in [0.717, 1.165) is 0 Å². The summed E-state index contributed by atoms with van der Waals surface area (Å²) < 4.78 is 0. The molecule has 4 heteroatoms. The van der Waals surface area contributed by atoms with E-state index in [9.17, 15) is 9.59 Å². The molecule has 1 N–H and O–H groups in total. The normalized spacial score (nSPS) is 28.8. The largest absolute Gasteiger partial charge is 0.480 e. The van der Waals surface area contributed by atoms with Crippen LogP contribution in [0.2, 0.25) is 0 Å². The number of rotatable bonds is 4. The van der Waals surface area contributed by atoms with Gasteiger partial charge in [0.05, 0.1) is 0 Å². The minimum Gasteiger partial charge on any atom is -0.480 e. The van der Waals surface area contributed by atoms with Gasteiger partial charge in [0.2, 0.25) is 5.91 Å². The first-order valence-electron chi connectivity index (χ1n) is 5.31. The van der Waals surface area contributed by atoms with Gasteiger partial charge < -0.3 is 10.0 Å². The number of carbonyl (C=O) groups is 2. The summed E-state index contributed by atoms with van der Waals surface area (Å²) in [7, 11) is 0. The molecule has 88 valence electrons. The Balaban J connectivity index is 2.98. The van der Waals surface area contributed by atoms with Crippen LogP contribution in [0.3, 0.4) is 0 Å². The molecule has 0 aromatic rings. The summed E-state index contributed by atoms with van der Waals surface area (Å²) in [6, 6.07) is -0.811. The average Bonchev–Trinajstić information content (AvgIpc) is 2.56. The van der Waals surface area contributed by atoms with Crippen molar-refractivity contribution in [3.63, 3.8) is 0 Å². The van der Waals surface area contributed by atoms with Crippen LogP contribution < -0.4 is 0 Å². The molecule has 1 unspecified atom stereocenters. The van der Waals surface area contributed by atoms with Crippen molar-refractivity contribution in [3.8, 4) is 0 Å². The standard InChI is InChI=1S/C12H17NO3/c1-4-6-9-8(3)7-10(12(15)16)13(9)11(14)5-2/h4-5,8-10H,1-2,6-7H2,3H3,(H,15,16)/t8-,9?,10-/m0/s1. The summed E-state index contributed by atoms with van der Waals surface area (Å²) in [5, 5.41) is 9.08. The topological polar surface area (TPSA) is 57.6 Å². The lowest BCUT2D eigenvalue weighted by atomic mass is 9.99. The Kier molecular flexibility index (Phi) is 3.88. The summed E-state index contributed by atoms with van der Waals surface area (Å²) in [6.07, 6.45) is 4.00. The predicted molar refractivity (Wildman–Crippen MR) is 60.8 cm³/mol. The first-order valence-corrected chi connectivity index (χ1v) is 5.31. The first kappa shape index (κ1) is 12.5. The second-order valence-electron chi connectivity index (χ2n) is 4.11. The van der Waals surface area contributed by atoms with Gasteiger partial charge in [-0.25, -0.2) is 4.79 Å². The van der Waals surface area contributed by atoms with Crippen LogP contribution in [0, 0.1) is 5.92 Å². The van der Waals surface area contributed by atoms with E-state index < -0.39 is 12.0 Å². The zero-order valence-electron chi connectivity index (χ0n) is 9.43. The molecule has 0 aromatic carbocycles. The second-order valence-corrected chi connectivity index (χ2v) is 4.11. The van der Waals surface area contributed by atoms with Crippen molar-refractivity contribution < 1.29 is 14.7 Å². The number of nitrogens with zero attached hydrogens (tertiary/aromatic N) is 1. The SMILES string of the molecule is C=CCC1[C@@H](C)C[C@@H](C(=O)O)N1C(=O)C=C. The van der Waals surface area contributed by atoms with Gasteiger partial charge in [0, 0.05) is 6.04 Å². The summed E-state index contributed by atoms with van der Waals surface area (Å²) in [5.74, 6) is -1.10. The number of likely N-dealkylation sites (tertiary alicyclic amines) is 1. The third-order valence-electron chi connectivity index (χ3n) is 3.07. The van der Waals surface area contributed by atoms with Crippen LogP contribution in [-0.4, -0.2) is 34.0 Å². The zero-order chi connectivity index (χ0) is 12.3. The van der Waals surface area contributed by atoms with Gasteiger partial charge in [-0.3, -0.25) is 4.79 Å². The van der Waals surface area contributed by atoms with Gasteiger partial charge in [-0.15, -0.1) is 6.58 Å². The highest BCUT2D eigenvalue weighted by Gasteiger charge is 2.43. The maximum absolute atomic E-state index is 11.7. The maximum atomic E-state index is 11.7. The van der Waals surface area contributed by atoms with Gasteiger partial charge in [0.15, 0.2) is 0 Å². The van der Waals surface area contributed by atoms with Crippen molar-refractivity contribution in [2.24, 2.45) is 5.92 Å². The fraction of sp³-hybridized carbons (Fsp3) is 0.500. The number of amides is 1. The van der Waals surface area contributed by atoms with E-state index in [2.05, 4.69) is 13.2 Å². The van der Waals surface area contributed by atoms with Gasteiger partial charge in [-0.1, -0.05) is 19.6 Å².